The Morgan fingerprint density at radius 1 is 1.67 bits per heavy atom. The van der Waals surface area contributed by atoms with Crippen molar-refractivity contribution in [1.29, 1.82) is 0 Å². The smallest absolute Gasteiger partial charge is 0.285 e. The molecule has 0 aliphatic rings. The lowest BCUT2D eigenvalue weighted by Crippen LogP contribution is -2.15. The molecule has 6 nitrogen and oxygen atoms in total. The average molecular weight is 231 g/mol. The number of H-pyrrole nitrogens is 1. The lowest BCUT2D eigenvalue weighted by atomic mass is 10.3. The summed E-state index contributed by atoms with van der Waals surface area (Å²) in [6, 6.07) is 0. The summed E-state index contributed by atoms with van der Waals surface area (Å²) in [5.41, 5.74) is 4.97. The third-order valence-electron chi connectivity index (χ3n) is 1.71. The van der Waals surface area contributed by atoms with Gasteiger partial charge in [0.1, 0.15) is 5.02 Å². The number of aromatic nitrogens is 2. The third kappa shape index (κ3) is 3.59. The van der Waals surface area contributed by atoms with Gasteiger partial charge in [-0.25, -0.2) is 5.10 Å². The van der Waals surface area contributed by atoms with Crippen molar-refractivity contribution >= 4 is 23.2 Å². The molecule has 0 radical (unpaired) electrons. The number of nitrogens with one attached hydrogen (secondary N) is 2. The van der Waals surface area contributed by atoms with Crippen LogP contribution in [0.5, 0.6) is 0 Å². The van der Waals surface area contributed by atoms with Gasteiger partial charge < -0.3 is 11.1 Å². The zero-order chi connectivity index (χ0) is 11.3. The molecule has 0 saturated heterocycles. The van der Waals surface area contributed by atoms with Crippen molar-refractivity contribution in [3.63, 3.8) is 0 Å². The third-order valence-corrected chi connectivity index (χ3v) is 2.09. The van der Waals surface area contributed by atoms with Gasteiger partial charge in [0.05, 0.1) is 11.9 Å². The van der Waals surface area contributed by atoms with Crippen LogP contribution in [0.4, 0.5) is 5.69 Å². The van der Waals surface area contributed by atoms with E-state index in [1.807, 2.05) is 0 Å². The Balaban J connectivity index is 2.48. The fourth-order valence-electron chi connectivity index (χ4n) is 0.992. The predicted molar refractivity (Wildman–Crippen MR) is 56.8 cm³/mol. The van der Waals surface area contributed by atoms with Crippen LogP contribution in [0, 0.1) is 0 Å². The van der Waals surface area contributed by atoms with E-state index in [0.29, 0.717) is 25.1 Å². The van der Waals surface area contributed by atoms with Crippen LogP contribution in [-0.2, 0) is 4.79 Å². The second-order valence-electron chi connectivity index (χ2n) is 2.92. The number of nitrogens with two attached hydrogens (primary N) is 1. The Morgan fingerprint density at radius 3 is 3.07 bits per heavy atom. The lowest BCUT2D eigenvalue weighted by molar-refractivity contribution is -0.118. The summed E-state index contributed by atoms with van der Waals surface area (Å²) in [4.78, 5) is 21.4. The van der Waals surface area contributed by atoms with Crippen molar-refractivity contribution in [3.8, 4) is 0 Å². The molecule has 1 aromatic rings. The molecule has 0 aromatic carbocycles. The fraction of sp³-hybridized carbons (Fsp3) is 0.375. The zero-order valence-electron chi connectivity index (χ0n) is 7.92. The first-order valence-electron chi connectivity index (χ1n) is 4.36. The summed E-state index contributed by atoms with van der Waals surface area (Å²) < 4.78 is 0. The molecule has 1 aromatic heterocycles. The lowest BCUT2D eigenvalue weighted by Gasteiger charge is -2.05. The molecular formula is C8H11ClN4O2. The van der Waals surface area contributed by atoms with Gasteiger partial charge in [0.25, 0.3) is 5.56 Å². The van der Waals surface area contributed by atoms with Gasteiger partial charge in [-0.2, -0.15) is 5.10 Å². The molecule has 0 fully saturated rings. The molecule has 0 aliphatic heterocycles. The summed E-state index contributed by atoms with van der Waals surface area (Å²) in [6.45, 7) is 0.508. The van der Waals surface area contributed by atoms with Gasteiger partial charge in [0.15, 0.2) is 0 Å². The van der Waals surface area contributed by atoms with Gasteiger partial charge >= 0.3 is 0 Å². The van der Waals surface area contributed by atoms with Gasteiger partial charge in [-0.05, 0) is 6.42 Å². The summed E-state index contributed by atoms with van der Waals surface area (Å²) in [6.07, 6.45) is 2.29. The molecule has 0 saturated carbocycles. The quantitative estimate of drug-likeness (QED) is 0.625. The van der Waals surface area contributed by atoms with E-state index in [9.17, 15) is 9.59 Å². The van der Waals surface area contributed by atoms with Crippen LogP contribution >= 0.6 is 11.6 Å². The number of carbonyl (C=O) groups is 1. The number of primary amides is 1. The highest BCUT2D eigenvalue weighted by Crippen LogP contribution is 2.13. The predicted octanol–water partition coefficient (Wildman–Crippen LogP) is 0.101. The van der Waals surface area contributed by atoms with Gasteiger partial charge in [-0.15, -0.1) is 0 Å². The minimum atomic E-state index is -0.448. The fourth-order valence-corrected chi connectivity index (χ4v) is 1.15. The number of halogens is 1. The van der Waals surface area contributed by atoms with Crippen LogP contribution in [0.3, 0.4) is 0 Å². The highest BCUT2D eigenvalue weighted by molar-refractivity contribution is 6.32. The van der Waals surface area contributed by atoms with Crippen molar-refractivity contribution in [2.24, 2.45) is 5.73 Å². The second kappa shape index (κ2) is 5.35. The normalized spacial score (nSPS) is 9.93. The summed E-state index contributed by atoms with van der Waals surface area (Å²) in [5, 5.41) is 8.73. The van der Waals surface area contributed by atoms with E-state index in [-0.39, 0.29) is 10.9 Å². The molecule has 1 rings (SSSR count). The maximum Gasteiger partial charge on any atom is 0.285 e. The minimum absolute atomic E-state index is 0.0593. The van der Waals surface area contributed by atoms with Crippen LogP contribution in [0.2, 0.25) is 5.02 Å². The van der Waals surface area contributed by atoms with E-state index in [0.717, 1.165) is 0 Å². The van der Waals surface area contributed by atoms with E-state index in [1.165, 1.54) is 6.20 Å². The monoisotopic (exact) mass is 230 g/mol. The van der Waals surface area contributed by atoms with Gasteiger partial charge in [-0.3, -0.25) is 9.59 Å². The Hall–Kier alpha value is -1.56. The van der Waals surface area contributed by atoms with E-state index in [4.69, 9.17) is 17.3 Å². The SMILES string of the molecule is NC(=O)CCCNc1cn[nH]c(=O)c1Cl. The first-order valence-corrected chi connectivity index (χ1v) is 4.74. The Kier molecular flexibility index (Phi) is 4.11. The minimum Gasteiger partial charge on any atom is -0.382 e. The maximum absolute atomic E-state index is 11.0. The van der Waals surface area contributed by atoms with Crippen LogP contribution in [0.1, 0.15) is 12.8 Å². The van der Waals surface area contributed by atoms with E-state index >= 15 is 0 Å². The van der Waals surface area contributed by atoms with Crippen molar-refractivity contribution in [2.75, 3.05) is 11.9 Å². The highest BCUT2D eigenvalue weighted by Gasteiger charge is 2.03. The van der Waals surface area contributed by atoms with Gasteiger partial charge in [0, 0.05) is 13.0 Å². The highest BCUT2D eigenvalue weighted by atomic mass is 35.5. The second-order valence-corrected chi connectivity index (χ2v) is 3.30. The molecule has 0 unspecified atom stereocenters. The molecule has 82 valence electrons. The number of hydrogen-bond donors (Lipinski definition) is 3. The number of amides is 1. The summed E-state index contributed by atoms with van der Waals surface area (Å²) in [7, 11) is 0. The molecule has 4 N–H and O–H groups in total. The molecule has 0 bridgehead atoms. The molecule has 15 heavy (non-hydrogen) atoms. The van der Waals surface area contributed by atoms with Gasteiger partial charge in [0.2, 0.25) is 5.91 Å². The van der Waals surface area contributed by atoms with Crippen molar-refractivity contribution in [1.82, 2.24) is 10.2 Å². The summed E-state index contributed by atoms with van der Waals surface area (Å²) in [5.74, 6) is -0.355. The van der Waals surface area contributed by atoms with Crippen LogP contribution in [-0.4, -0.2) is 22.6 Å². The molecule has 0 atom stereocenters. The molecule has 1 amide bonds. The number of carbonyl (C=O) groups excluding carboxylic acids is 1. The molecule has 0 aliphatic carbocycles. The van der Waals surface area contributed by atoms with E-state index in [2.05, 4.69) is 15.5 Å². The standard InChI is InChI=1S/C8H11ClN4O2/c9-7-5(4-12-13-8(7)15)11-3-1-2-6(10)14/h4H,1-3H2,(H2,10,14)(H2,11,13,15). The molecular weight excluding hydrogens is 220 g/mol. The first-order chi connectivity index (χ1) is 7.11. The molecule has 0 spiro atoms. The van der Waals surface area contributed by atoms with E-state index < -0.39 is 5.56 Å². The summed E-state index contributed by atoms with van der Waals surface area (Å²) >= 11 is 5.70. The van der Waals surface area contributed by atoms with Crippen LogP contribution in [0.25, 0.3) is 0 Å². The Bertz CT molecular complexity index is 404. The first kappa shape index (κ1) is 11.5. The number of aromatic amines is 1. The van der Waals surface area contributed by atoms with Crippen molar-refractivity contribution in [2.45, 2.75) is 12.8 Å². The number of nitrogens with zero attached hydrogens (tertiary/aromatic N) is 1. The molecule has 7 heteroatoms. The van der Waals surface area contributed by atoms with Crippen molar-refractivity contribution < 1.29 is 4.79 Å². The largest absolute Gasteiger partial charge is 0.382 e. The van der Waals surface area contributed by atoms with Crippen LogP contribution < -0.4 is 16.6 Å². The average Bonchev–Trinajstić information content (AvgIpc) is 2.18. The van der Waals surface area contributed by atoms with Crippen molar-refractivity contribution in [3.05, 3.63) is 21.6 Å². The number of hydrogen-bond acceptors (Lipinski definition) is 4. The van der Waals surface area contributed by atoms with Crippen LogP contribution in [0.15, 0.2) is 11.0 Å². The number of rotatable bonds is 5. The van der Waals surface area contributed by atoms with E-state index in [1.54, 1.807) is 0 Å². The molecule has 1 heterocycles. The Labute approximate surface area is 90.8 Å². The Morgan fingerprint density at radius 2 is 2.40 bits per heavy atom. The number of anilines is 1. The maximum atomic E-state index is 11.0. The van der Waals surface area contributed by atoms with Gasteiger partial charge in [-0.1, -0.05) is 11.6 Å². The topological polar surface area (TPSA) is 101 Å². The zero-order valence-corrected chi connectivity index (χ0v) is 8.67.